The Morgan fingerprint density at radius 2 is 1.86 bits per heavy atom. The molecule has 1 aliphatic heterocycles. The van der Waals surface area contributed by atoms with Crippen molar-refractivity contribution in [1.29, 1.82) is 0 Å². The Bertz CT molecular complexity index is 479. The van der Waals surface area contributed by atoms with Crippen molar-refractivity contribution in [2.24, 2.45) is 0 Å². The third kappa shape index (κ3) is 3.48. The first-order chi connectivity index (χ1) is 10.2. The van der Waals surface area contributed by atoms with Crippen LogP contribution in [0.1, 0.15) is 24.3 Å². The Hall–Kier alpha value is -2.18. The van der Waals surface area contributed by atoms with Crippen LogP contribution < -0.4 is 4.90 Å². The number of carbonyl (C=O) groups excluding carboxylic acids is 2. The van der Waals surface area contributed by atoms with Gasteiger partial charge in [-0.3, -0.25) is 9.59 Å². The molecule has 0 unspecified atom stereocenters. The van der Waals surface area contributed by atoms with Gasteiger partial charge < -0.3 is 14.7 Å². The molecule has 0 radical (unpaired) electrons. The average Bonchev–Trinajstić information content (AvgIpc) is 2.56. The molecule has 0 aromatic carbocycles. The summed E-state index contributed by atoms with van der Waals surface area (Å²) in [5, 5.41) is 0. The highest BCUT2D eigenvalue weighted by Crippen LogP contribution is 2.10. The van der Waals surface area contributed by atoms with Crippen molar-refractivity contribution < 1.29 is 9.59 Å². The lowest BCUT2D eigenvalue weighted by Gasteiger charge is -2.32. The van der Waals surface area contributed by atoms with E-state index in [0.29, 0.717) is 31.9 Å². The van der Waals surface area contributed by atoms with Gasteiger partial charge in [-0.2, -0.15) is 0 Å². The number of carbonyl (C=O) groups is 2. The van der Waals surface area contributed by atoms with Gasteiger partial charge in [-0.05, 0) is 13.8 Å². The fourth-order valence-corrected chi connectivity index (χ4v) is 2.33. The highest BCUT2D eigenvalue weighted by Gasteiger charge is 2.22. The minimum absolute atomic E-state index is 0.126. The predicted molar refractivity (Wildman–Crippen MR) is 79.1 cm³/mol. The topological polar surface area (TPSA) is 69.6 Å². The minimum atomic E-state index is -0.126. The maximum Gasteiger partial charge on any atom is 0.274 e. The van der Waals surface area contributed by atoms with Crippen LogP contribution in [-0.4, -0.2) is 71.4 Å². The Balaban J connectivity index is 2.01. The van der Waals surface area contributed by atoms with Crippen LogP contribution in [0.3, 0.4) is 0 Å². The van der Waals surface area contributed by atoms with E-state index in [2.05, 4.69) is 28.7 Å². The van der Waals surface area contributed by atoms with Gasteiger partial charge in [0.2, 0.25) is 6.41 Å². The molecule has 0 atom stereocenters. The summed E-state index contributed by atoms with van der Waals surface area (Å²) < 4.78 is 0. The molecule has 0 spiro atoms. The lowest BCUT2D eigenvalue weighted by atomic mass is 10.3. The molecule has 0 aliphatic carbocycles. The first kappa shape index (κ1) is 15.2. The minimum Gasteiger partial charge on any atom is -0.356 e. The number of rotatable bonds is 5. The number of aromatic nitrogens is 2. The fourth-order valence-electron chi connectivity index (χ4n) is 2.33. The molecule has 7 nitrogen and oxygen atoms in total. The van der Waals surface area contributed by atoms with Crippen molar-refractivity contribution in [3.8, 4) is 0 Å². The largest absolute Gasteiger partial charge is 0.356 e. The standard InChI is InChI=1S/C14H21N5O2/c1-3-18(4-2)13-10-15-12(9-16-13)14(21)19-7-5-17(11-20)6-8-19/h9-11H,3-8H2,1-2H3. The summed E-state index contributed by atoms with van der Waals surface area (Å²) in [4.78, 5) is 37.0. The Labute approximate surface area is 124 Å². The third-order valence-electron chi connectivity index (χ3n) is 3.70. The molecular formula is C14H21N5O2. The Morgan fingerprint density at radius 3 is 2.33 bits per heavy atom. The number of hydrogen-bond acceptors (Lipinski definition) is 5. The van der Waals surface area contributed by atoms with Crippen molar-refractivity contribution in [1.82, 2.24) is 19.8 Å². The number of nitrogens with zero attached hydrogens (tertiary/aromatic N) is 5. The van der Waals surface area contributed by atoms with E-state index in [1.54, 1.807) is 16.0 Å². The van der Waals surface area contributed by atoms with E-state index in [1.807, 2.05) is 0 Å². The van der Waals surface area contributed by atoms with Gasteiger partial charge in [-0.1, -0.05) is 0 Å². The van der Waals surface area contributed by atoms with E-state index in [9.17, 15) is 9.59 Å². The van der Waals surface area contributed by atoms with Crippen molar-refractivity contribution in [3.05, 3.63) is 18.1 Å². The highest BCUT2D eigenvalue weighted by molar-refractivity contribution is 5.92. The highest BCUT2D eigenvalue weighted by atomic mass is 16.2. The summed E-state index contributed by atoms with van der Waals surface area (Å²) in [7, 11) is 0. The third-order valence-corrected chi connectivity index (χ3v) is 3.70. The molecule has 21 heavy (non-hydrogen) atoms. The lowest BCUT2D eigenvalue weighted by molar-refractivity contribution is -0.119. The van der Waals surface area contributed by atoms with E-state index in [-0.39, 0.29) is 5.91 Å². The maximum absolute atomic E-state index is 12.3. The van der Waals surface area contributed by atoms with E-state index in [4.69, 9.17) is 0 Å². The second kappa shape index (κ2) is 7.01. The van der Waals surface area contributed by atoms with Gasteiger partial charge >= 0.3 is 0 Å². The van der Waals surface area contributed by atoms with Gasteiger partial charge in [0.25, 0.3) is 5.91 Å². The smallest absolute Gasteiger partial charge is 0.274 e. The van der Waals surface area contributed by atoms with E-state index in [0.717, 1.165) is 25.3 Å². The van der Waals surface area contributed by atoms with Crippen LogP contribution in [-0.2, 0) is 4.79 Å². The molecule has 1 aromatic rings. The van der Waals surface area contributed by atoms with Crippen LogP contribution in [0.5, 0.6) is 0 Å². The molecule has 0 saturated carbocycles. The van der Waals surface area contributed by atoms with Crippen LogP contribution in [0.25, 0.3) is 0 Å². The first-order valence-corrected chi connectivity index (χ1v) is 7.25. The molecule has 1 fully saturated rings. The lowest BCUT2D eigenvalue weighted by Crippen LogP contribution is -2.48. The van der Waals surface area contributed by atoms with Crippen molar-refractivity contribution in [2.75, 3.05) is 44.2 Å². The zero-order valence-electron chi connectivity index (χ0n) is 12.5. The van der Waals surface area contributed by atoms with Crippen LogP contribution in [0.15, 0.2) is 12.4 Å². The maximum atomic E-state index is 12.3. The van der Waals surface area contributed by atoms with Crippen LogP contribution in [0.4, 0.5) is 5.82 Å². The quantitative estimate of drug-likeness (QED) is 0.727. The van der Waals surface area contributed by atoms with Crippen LogP contribution >= 0.6 is 0 Å². The summed E-state index contributed by atoms with van der Waals surface area (Å²) in [6.45, 7) is 8.03. The zero-order valence-corrected chi connectivity index (χ0v) is 12.5. The van der Waals surface area contributed by atoms with E-state index >= 15 is 0 Å². The van der Waals surface area contributed by atoms with Crippen LogP contribution in [0.2, 0.25) is 0 Å². The second-order valence-electron chi connectivity index (χ2n) is 4.87. The van der Waals surface area contributed by atoms with Gasteiger partial charge in [0.15, 0.2) is 0 Å². The first-order valence-electron chi connectivity index (χ1n) is 7.25. The van der Waals surface area contributed by atoms with Gasteiger partial charge in [-0.15, -0.1) is 0 Å². The molecule has 2 amide bonds. The molecule has 0 bridgehead atoms. The molecule has 0 N–H and O–H groups in total. The summed E-state index contributed by atoms with van der Waals surface area (Å²) in [5.41, 5.74) is 0.352. The number of anilines is 1. The predicted octanol–water partition coefficient (Wildman–Crippen LogP) is 0.237. The van der Waals surface area contributed by atoms with Crippen molar-refractivity contribution in [3.63, 3.8) is 0 Å². The monoisotopic (exact) mass is 291 g/mol. The molecule has 1 saturated heterocycles. The average molecular weight is 291 g/mol. The summed E-state index contributed by atoms with van der Waals surface area (Å²) in [6.07, 6.45) is 3.99. The van der Waals surface area contributed by atoms with Gasteiger partial charge in [-0.25, -0.2) is 9.97 Å². The van der Waals surface area contributed by atoms with Crippen molar-refractivity contribution in [2.45, 2.75) is 13.8 Å². The SMILES string of the molecule is CCN(CC)c1cnc(C(=O)N2CCN(C=O)CC2)cn1. The fraction of sp³-hybridized carbons (Fsp3) is 0.571. The molecule has 2 heterocycles. The van der Waals surface area contributed by atoms with Crippen molar-refractivity contribution >= 4 is 18.1 Å². The van der Waals surface area contributed by atoms with E-state index < -0.39 is 0 Å². The summed E-state index contributed by atoms with van der Waals surface area (Å²) in [5.74, 6) is 0.654. The molecule has 2 rings (SSSR count). The van der Waals surface area contributed by atoms with Gasteiger partial charge in [0.05, 0.1) is 12.4 Å². The normalized spacial score (nSPS) is 15.0. The summed E-state index contributed by atoms with van der Waals surface area (Å²) >= 11 is 0. The second-order valence-corrected chi connectivity index (χ2v) is 4.87. The Kier molecular flexibility index (Phi) is 5.08. The van der Waals surface area contributed by atoms with Gasteiger partial charge in [0, 0.05) is 39.3 Å². The molecular weight excluding hydrogens is 270 g/mol. The number of piperazine rings is 1. The Morgan fingerprint density at radius 1 is 1.19 bits per heavy atom. The molecule has 7 heteroatoms. The zero-order chi connectivity index (χ0) is 15.2. The molecule has 1 aromatic heterocycles. The number of amides is 2. The number of hydrogen-bond donors (Lipinski definition) is 0. The molecule has 114 valence electrons. The van der Waals surface area contributed by atoms with E-state index in [1.165, 1.54) is 6.20 Å². The van der Waals surface area contributed by atoms with Gasteiger partial charge in [0.1, 0.15) is 11.5 Å². The summed E-state index contributed by atoms with van der Waals surface area (Å²) in [6, 6.07) is 0. The molecule has 1 aliphatic rings. The van der Waals surface area contributed by atoms with Crippen LogP contribution in [0, 0.1) is 0 Å².